The maximum Gasteiger partial charge on any atom is 0.280 e. The number of hydrogen-bond acceptors (Lipinski definition) is 6. The molecular formula is C21H23F3N6O2. The molecule has 1 saturated heterocycles. The topological polar surface area (TPSA) is 96.9 Å². The van der Waals surface area contributed by atoms with Crippen LogP contribution in [-0.4, -0.2) is 38.8 Å². The van der Waals surface area contributed by atoms with Gasteiger partial charge in [-0.15, -0.1) is 0 Å². The second kappa shape index (κ2) is 8.45. The van der Waals surface area contributed by atoms with Crippen LogP contribution >= 0.6 is 0 Å². The summed E-state index contributed by atoms with van der Waals surface area (Å²) in [7, 11) is 0. The highest BCUT2D eigenvalue weighted by Gasteiger charge is 2.27. The first-order chi connectivity index (χ1) is 15.5. The summed E-state index contributed by atoms with van der Waals surface area (Å²) in [5.74, 6) is -2.87. The van der Waals surface area contributed by atoms with E-state index in [0.29, 0.717) is 37.7 Å². The number of hydrogen-bond donors (Lipinski definition) is 3. The first kappa shape index (κ1) is 20.8. The Hall–Kier alpha value is -3.08. The summed E-state index contributed by atoms with van der Waals surface area (Å²) in [6, 6.07) is 1.14. The monoisotopic (exact) mass is 448 g/mol. The Kier molecular flexibility index (Phi) is 5.50. The number of halogens is 3. The Morgan fingerprint density at radius 2 is 1.81 bits per heavy atom. The molecule has 2 fully saturated rings. The standard InChI is InChI=1S/C21H23F3N6O2/c22-11-8-14(23)16(15(24)9-11)26-21-27-17-18(30(21)13-6-7-32-10-13)28-20(29-19(17)31)25-12-4-2-1-3-5-12/h8-9,12-13H,1-7,10H2,(H,26,27)(H2,25,28,29,31). The predicted octanol–water partition coefficient (Wildman–Crippen LogP) is 3.99. The molecule has 3 N–H and O–H groups in total. The average molecular weight is 448 g/mol. The lowest BCUT2D eigenvalue weighted by Crippen LogP contribution is -2.25. The maximum absolute atomic E-state index is 14.3. The lowest BCUT2D eigenvalue weighted by molar-refractivity contribution is 0.187. The highest BCUT2D eigenvalue weighted by atomic mass is 19.1. The van der Waals surface area contributed by atoms with E-state index in [0.717, 1.165) is 25.7 Å². The molecule has 32 heavy (non-hydrogen) atoms. The fourth-order valence-corrected chi connectivity index (χ4v) is 4.43. The molecular weight excluding hydrogens is 425 g/mol. The first-order valence-electron chi connectivity index (χ1n) is 10.8. The normalized spacial score (nSPS) is 19.5. The molecule has 8 nitrogen and oxygen atoms in total. The van der Waals surface area contributed by atoms with Crippen LogP contribution in [0.2, 0.25) is 0 Å². The van der Waals surface area contributed by atoms with Gasteiger partial charge in [0.2, 0.25) is 11.9 Å². The zero-order chi connectivity index (χ0) is 22.2. The Morgan fingerprint density at radius 1 is 1.06 bits per heavy atom. The third-order valence-corrected chi connectivity index (χ3v) is 6.01. The molecule has 0 spiro atoms. The predicted molar refractivity (Wildman–Crippen MR) is 113 cm³/mol. The maximum atomic E-state index is 14.3. The van der Waals surface area contributed by atoms with E-state index in [1.165, 1.54) is 6.42 Å². The van der Waals surface area contributed by atoms with Gasteiger partial charge in [0.25, 0.3) is 5.56 Å². The van der Waals surface area contributed by atoms with Gasteiger partial charge in [-0.2, -0.15) is 4.98 Å². The van der Waals surface area contributed by atoms with Crippen molar-refractivity contribution in [3.63, 3.8) is 0 Å². The number of rotatable bonds is 5. The van der Waals surface area contributed by atoms with Gasteiger partial charge in [0.15, 0.2) is 22.8 Å². The van der Waals surface area contributed by atoms with Crippen LogP contribution in [0.25, 0.3) is 11.2 Å². The van der Waals surface area contributed by atoms with Crippen molar-refractivity contribution in [1.29, 1.82) is 0 Å². The molecule has 3 aromatic rings. The summed E-state index contributed by atoms with van der Waals surface area (Å²) in [5, 5.41) is 5.89. The number of benzene rings is 1. The van der Waals surface area contributed by atoms with Crippen LogP contribution in [0.5, 0.6) is 0 Å². The lowest BCUT2D eigenvalue weighted by atomic mass is 9.96. The van der Waals surface area contributed by atoms with Crippen molar-refractivity contribution in [1.82, 2.24) is 19.5 Å². The molecule has 1 saturated carbocycles. The molecule has 3 heterocycles. The SMILES string of the molecule is O=c1[nH]c(NC2CCCCC2)nc2c1nc(Nc1c(F)cc(F)cc1F)n2C1CCOC1. The average Bonchev–Trinajstić information content (AvgIpc) is 3.39. The molecule has 2 aromatic heterocycles. The largest absolute Gasteiger partial charge is 0.379 e. The molecule has 1 unspecified atom stereocenters. The van der Waals surface area contributed by atoms with Crippen molar-refractivity contribution in [2.45, 2.75) is 50.6 Å². The molecule has 170 valence electrons. The fraction of sp³-hybridized carbons (Fsp3) is 0.476. The van der Waals surface area contributed by atoms with E-state index < -0.39 is 28.7 Å². The molecule has 5 rings (SSSR count). The van der Waals surface area contributed by atoms with E-state index in [9.17, 15) is 18.0 Å². The highest BCUT2D eigenvalue weighted by Crippen LogP contribution is 2.31. The molecule has 0 amide bonds. The number of aromatic nitrogens is 4. The minimum Gasteiger partial charge on any atom is -0.379 e. The van der Waals surface area contributed by atoms with Gasteiger partial charge in [0.1, 0.15) is 11.5 Å². The zero-order valence-electron chi connectivity index (χ0n) is 17.3. The van der Waals surface area contributed by atoms with Gasteiger partial charge in [-0.05, 0) is 19.3 Å². The number of nitrogens with zero attached hydrogens (tertiary/aromatic N) is 3. The van der Waals surface area contributed by atoms with Crippen LogP contribution in [0, 0.1) is 17.5 Å². The molecule has 2 aliphatic rings. The van der Waals surface area contributed by atoms with Gasteiger partial charge >= 0.3 is 0 Å². The van der Waals surface area contributed by atoms with Crippen molar-refractivity contribution in [3.8, 4) is 0 Å². The van der Waals surface area contributed by atoms with Crippen LogP contribution < -0.4 is 16.2 Å². The minimum absolute atomic E-state index is 0.0349. The van der Waals surface area contributed by atoms with Gasteiger partial charge in [-0.25, -0.2) is 18.2 Å². The fourth-order valence-electron chi connectivity index (χ4n) is 4.43. The number of nitrogens with one attached hydrogen (secondary N) is 3. The third-order valence-electron chi connectivity index (χ3n) is 6.01. The number of aromatic amines is 1. The van der Waals surface area contributed by atoms with E-state index in [1.54, 1.807) is 4.57 Å². The van der Waals surface area contributed by atoms with Crippen molar-refractivity contribution < 1.29 is 17.9 Å². The van der Waals surface area contributed by atoms with Crippen molar-refractivity contribution in [2.24, 2.45) is 0 Å². The zero-order valence-corrected chi connectivity index (χ0v) is 17.3. The molecule has 1 aliphatic heterocycles. The summed E-state index contributed by atoms with van der Waals surface area (Å²) in [4.78, 5) is 24.4. The van der Waals surface area contributed by atoms with Crippen LogP contribution in [0.15, 0.2) is 16.9 Å². The van der Waals surface area contributed by atoms with Gasteiger partial charge in [0, 0.05) is 24.8 Å². The second-order valence-corrected chi connectivity index (χ2v) is 8.26. The summed E-state index contributed by atoms with van der Waals surface area (Å²) >= 11 is 0. The van der Waals surface area contributed by atoms with Crippen LogP contribution in [0.3, 0.4) is 0 Å². The smallest absolute Gasteiger partial charge is 0.280 e. The van der Waals surface area contributed by atoms with E-state index in [4.69, 9.17) is 4.74 Å². The van der Waals surface area contributed by atoms with Crippen LogP contribution in [0.4, 0.5) is 30.8 Å². The van der Waals surface area contributed by atoms with Crippen molar-refractivity contribution >= 4 is 28.7 Å². The van der Waals surface area contributed by atoms with Gasteiger partial charge in [-0.3, -0.25) is 14.3 Å². The summed E-state index contributed by atoms with van der Waals surface area (Å²) in [6.07, 6.45) is 6.03. The Balaban J connectivity index is 1.59. The van der Waals surface area contributed by atoms with Crippen molar-refractivity contribution in [2.75, 3.05) is 23.8 Å². The second-order valence-electron chi connectivity index (χ2n) is 8.26. The number of imidazole rings is 1. The number of fused-ring (bicyclic) bond motifs is 1. The minimum atomic E-state index is -1.11. The van der Waals surface area contributed by atoms with E-state index in [2.05, 4.69) is 25.6 Å². The van der Waals surface area contributed by atoms with Crippen LogP contribution in [0.1, 0.15) is 44.6 Å². The molecule has 1 atom stereocenters. The van der Waals surface area contributed by atoms with E-state index in [-0.39, 0.29) is 29.2 Å². The lowest BCUT2D eigenvalue weighted by Gasteiger charge is -2.23. The molecule has 1 aliphatic carbocycles. The Bertz CT molecular complexity index is 1180. The molecule has 1 aromatic carbocycles. The van der Waals surface area contributed by atoms with Gasteiger partial charge in [-0.1, -0.05) is 19.3 Å². The molecule has 0 radical (unpaired) electrons. The van der Waals surface area contributed by atoms with E-state index in [1.807, 2.05) is 0 Å². The quantitative estimate of drug-likeness (QED) is 0.546. The van der Waals surface area contributed by atoms with E-state index >= 15 is 0 Å². The van der Waals surface area contributed by atoms with Crippen molar-refractivity contribution in [3.05, 3.63) is 39.9 Å². The van der Waals surface area contributed by atoms with Crippen LogP contribution in [-0.2, 0) is 4.74 Å². The Morgan fingerprint density at radius 3 is 2.50 bits per heavy atom. The van der Waals surface area contributed by atoms with Gasteiger partial charge < -0.3 is 15.4 Å². The number of H-pyrrole nitrogens is 1. The summed E-state index contributed by atoms with van der Waals surface area (Å²) < 4.78 is 49.0. The first-order valence-corrected chi connectivity index (χ1v) is 10.8. The Labute approximate surface area is 181 Å². The number of ether oxygens (including phenoxy) is 1. The summed E-state index contributed by atoms with van der Waals surface area (Å²) in [6.45, 7) is 0.841. The summed E-state index contributed by atoms with van der Waals surface area (Å²) in [5.41, 5.74) is -0.697. The number of anilines is 3. The highest BCUT2D eigenvalue weighted by molar-refractivity contribution is 5.76. The van der Waals surface area contributed by atoms with Gasteiger partial charge in [0.05, 0.1) is 12.6 Å². The molecule has 11 heteroatoms. The third kappa shape index (κ3) is 3.92. The molecule has 0 bridgehead atoms.